The van der Waals surface area contributed by atoms with Gasteiger partial charge in [-0.25, -0.2) is 4.79 Å². The first-order valence-electron chi connectivity index (χ1n) is 4.66. The molecule has 0 saturated heterocycles. The number of nitriles is 1. The van der Waals surface area contributed by atoms with Gasteiger partial charge in [0.25, 0.3) is 0 Å². The zero-order chi connectivity index (χ0) is 12.7. The lowest BCUT2D eigenvalue weighted by Gasteiger charge is -2.09. The summed E-state index contributed by atoms with van der Waals surface area (Å²) in [5, 5.41) is 12.3. The second-order valence-corrected chi connectivity index (χ2v) is 3.69. The average molecular weight is 249 g/mol. The molecule has 0 aliphatic carbocycles. The molecule has 0 amide bonds. The lowest BCUT2D eigenvalue weighted by atomic mass is 10.3. The first kappa shape index (κ1) is 13.1. The number of rotatable bonds is 4. The van der Waals surface area contributed by atoms with Crippen molar-refractivity contribution in [2.24, 2.45) is 0 Å². The molecule has 1 N–H and O–H groups in total. The summed E-state index contributed by atoms with van der Waals surface area (Å²) in [6.45, 7) is 0. The topological polar surface area (TPSA) is 75.0 Å². The summed E-state index contributed by atoms with van der Waals surface area (Å²) < 4.78 is 4.54. The van der Waals surface area contributed by atoms with Crippen molar-refractivity contribution in [3.05, 3.63) is 35.1 Å². The molecule has 0 unspecified atom stereocenters. The predicted molar refractivity (Wildman–Crippen MR) is 66.0 cm³/mol. The zero-order valence-corrected chi connectivity index (χ0v) is 10.2. The zero-order valence-electron chi connectivity index (χ0n) is 9.43. The second-order valence-electron chi connectivity index (χ2n) is 2.88. The van der Waals surface area contributed by atoms with E-state index in [0.717, 1.165) is 0 Å². The van der Waals surface area contributed by atoms with Gasteiger partial charge in [-0.15, -0.1) is 11.8 Å². The van der Waals surface area contributed by atoms with Crippen molar-refractivity contribution < 1.29 is 9.53 Å². The Labute approximate surface area is 103 Å². The van der Waals surface area contributed by atoms with Crippen LogP contribution in [0.3, 0.4) is 0 Å². The Morgan fingerprint density at radius 3 is 2.88 bits per heavy atom. The van der Waals surface area contributed by atoms with E-state index < -0.39 is 5.97 Å². The van der Waals surface area contributed by atoms with E-state index >= 15 is 0 Å². The van der Waals surface area contributed by atoms with Crippen molar-refractivity contribution in [2.45, 2.75) is 0 Å². The number of thioether (sulfide) groups is 1. The van der Waals surface area contributed by atoms with Gasteiger partial charge >= 0.3 is 5.97 Å². The van der Waals surface area contributed by atoms with Gasteiger partial charge in [0.15, 0.2) is 5.57 Å². The fraction of sp³-hybridized carbons (Fsp3) is 0.182. The molecule has 0 bridgehead atoms. The summed E-state index contributed by atoms with van der Waals surface area (Å²) in [5.74, 6) is -0.659. The molecule has 17 heavy (non-hydrogen) atoms. The number of methoxy groups -OCH3 is 1. The number of ether oxygens (including phenoxy) is 1. The molecular weight excluding hydrogens is 238 g/mol. The highest BCUT2D eigenvalue weighted by Gasteiger charge is 2.15. The van der Waals surface area contributed by atoms with Crippen LogP contribution in [0.1, 0.15) is 0 Å². The van der Waals surface area contributed by atoms with E-state index in [-0.39, 0.29) is 5.57 Å². The van der Waals surface area contributed by atoms with Gasteiger partial charge in [0.05, 0.1) is 24.0 Å². The molecule has 0 saturated carbocycles. The number of carbonyl (C=O) groups is 1. The van der Waals surface area contributed by atoms with Crippen LogP contribution in [0.5, 0.6) is 0 Å². The molecule has 0 aromatic carbocycles. The fourth-order valence-electron chi connectivity index (χ4n) is 1.07. The van der Waals surface area contributed by atoms with Crippen molar-refractivity contribution in [3.8, 4) is 6.07 Å². The predicted octanol–water partition coefficient (Wildman–Crippen LogP) is 1.76. The van der Waals surface area contributed by atoms with Crippen molar-refractivity contribution in [1.82, 2.24) is 4.98 Å². The minimum atomic E-state index is -0.659. The van der Waals surface area contributed by atoms with Gasteiger partial charge in [0.1, 0.15) is 6.07 Å². The number of esters is 1. The summed E-state index contributed by atoms with van der Waals surface area (Å²) in [7, 11) is 1.24. The molecule has 1 rings (SSSR count). The molecular formula is C11H11N3O2S. The van der Waals surface area contributed by atoms with Crippen LogP contribution in [0.25, 0.3) is 0 Å². The molecule has 0 fully saturated rings. The maximum atomic E-state index is 11.4. The lowest BCUT2D eigenvalue weighted by Crippen LogP contribution is -2.09. The number of aromatic nitrogens is 1. The second kappa shape index (κ2) is 6.55. The minimum absolute atomic E-state index is 0.0520. The third-order valence-electron chi connectivity index (χ3n) is 1.85. The standard InChI is InChI=1S/C11H11N3O2S/c1-16-11(15)9(6-12)10(17-2)14-8-4-3-5-13-7-8/h3-5,7,14H,1-2H3. The van der Waals surface area contributed by atoms with Crippen molar-refractivity contribution >= 4 is 23.4 Å². The van der Waals surface area contributed by atoms with Gasteiger partial charge in [0, 0.05) is 6.20 Å². The van der Waals surface area contributed by atoms with Crippen molar-refractivity contribution in [3.63, 3.8) is 0 Å². The summed E-state index contributed by atoms with van der Waals surface area (Å²) in [4.78, 5) is 15.3. The van der Waals surface area contributed by atoms with Crippen molar-refractivity contribution in [2.75, 3.05) is 18.7 Å². The van der Waals surface area contributed by atoms with Crippen LogP contribution in [0, 0.1) is 11.3 Å². The number of nitrogens with zero attached hydrogens (tertiary/aromatic N) is 2. The molecule has 1 aromatic rings. The fourth-order valence-corrected chi connectivity index (χ4v) is 1.63. The van der Waals surface area contributed by atoms with Crippen LogP contribution in [0.15, 0.2) is 35.1 Å². The van der Waals surface area contributed by atoms with Crippen LogP contribution in [-0.2, 0) is 9.53 Å². The summed E-state index contributed by atoms with van der Waals surface area (Å²) in [6, 6.07) is 5.37. The molecule has 0 spiro atoms. The Balaban J connectivity index is 3.02. The van der Waals surface area contributed by atoms with E-state index in [1.165, 1.54) is 18.9 Å². The van der Waals surface area contributed by atoms with Crippen LogP contribution in [0.4, 0.5) is 5.69 Å². The highest BCUT2D eigenvalue weighted by molar-refractivity contribution is 8.02. The highest BCUT2D eigenvalue weighted by Crippen LogP contribution is 2.20. The Morgan fingerprint density at radius 2 is 2.41 bits per heavy atom. The molecule has 0 atom stereocenters. The maximum Gasteiger partial charge on any atom is 0.351 e. The SMILES string of the molecule is COC(=O)C(C#N)=C(Nc1cccnc1)SC. The van der Waals surface area contributed by atoms with E-state index in [9.17, 15) is 4.79 Å². The van der Waals surface area contributed by atoms with Crippen LogP contribution >= 0.6 is 11.8 Å². The summed E-state index contributed by atoms with van der Waals surface area (Å²) in [5.41, 5.74) is 0.650. The lowest BCUT2D eigenvalue weighted by molar-refractivity contribution is -0.135. The van der Waals surface area contributed by atoms with Gasteiger partial charge in [-0.05, 0) is 18.4 Å². The average Bonchev–Trinajstić information content (AvgIpc) is 2.39. The van der Waals surface area contributed by atoms with E-state index in [0.29, 0.717) is 10.7 Å². The third kappa shape index (κ3) is 3.50. The number of anilines is 1. The van der Waals surface area contributed by atoms with E-state index in [4.69, 9.17) is 5.26 Å². The largest absolute Gasteiger partial charge is 0.465 e. The Bertz CT molecular complexity index is 465. The number of pyridine rings is 1. The molecule has 1 aromatic heterocycles. The van der Waals surface area contributed by atoms with E-state index in [1.54, 1.807) is 30.8 Å². The maximum absolute atomic E-state index is 11.4. The first-order valence-corrected chi connectivity index (χ1v) is 5.89. The van der Waals surface area contributed by atoms with Gasteiger partial charge in [0.2, 0.25) is 0 Å². The first-order chi connectivity index (χ1) is 8.22. The Hall–Kier alpha value is -2.00. The molecule has 88 valence electrons. The molecule has 0 aliphatic heterocycles. The number of hydrogen-bond acceptors (Lipinski definition) is 6. The monoisotopic (exact) mass is 249 g/mol. The van der Waals surface area contributed by atoms with E-state index in [2.05, 4.69) is 15.0 Å². The van der Waals surface area contributed by atoms with Crippen LogP contribution < -0.4 is 5.32 Å². The molecule has 0 aliphatic rings. The smallest absolute Gasteiger partial charge is 0.351 e. The number of hydrogen-bond donors (Lipinski definition) is 1. The third-order valence-corrected chi connectivity index (χ3v) is 2.57. The quantitative estimate of drug-likeness (QED) is 0.498. The van der Waals surface area contributed by atoms with Crippen LogP contribution in [0.2, 0.25) is 0 Å². The van der Waals surface area contributed by atoms with Crippen LogP contribution in [-0.4, -0.2) is 24.3 Å². The highest BCUT2D eigenvalue weighted by atomic mass is 32.2. The summed E-state index contributed by atoms with van der Waals surface area (Å²) in [6.07, 6.45) is 5.00. The minimum Gasteiger partial charge on any atom is -0.465 e. The normalized spacial score (nSPS) is 11.1. The van der Waals surface area contributed by atoms with E-state index in [1.807, 2.05) is 6.07 Å². The molecule has 6 heteroatoms. The molecule has 0 radical (unpaired) electrons. The number of nitrogens with one attached hydrogen (secondary N) is 1. The van der Waals surface area contributed by atoms with Gasteiger partial charge in [-0.3, -0.25) is 4.98 Å². The number of carbonyl (C=O) groups excluding carboxylic acids is 1. The van der Waals surface area contributed by atoms with Crippen molar-refractivity contribution in [1.29, 1.82) is 5.26 Å². The van der Waals surface area contributed by atoms with Gasteiger partial charge in [-0.1, -0.05) is 0 Å². The van der Waals surface area contributed by atoms with Gasteiger partial charge in [-0.2, -0.15) is 5.26 Å². The van der Waals surface area contributed by atoms with Gasteiger partial charge < -0.3 is 10.1 Å². The molecule has 5 nitrogen and oxygen atoms in total. The Kier molecular flexibility index (Phi) is 5.04. The Morgan fingerprint density at radius 1 is 1.65 bits per heavy atom. The summed E-state index contributed by atoms with van der Waals surface area (Å²) >= 11 is 1.26. The molecule has 1 heterocycles.